The number of nitrogens with zero attached hydrogens (tertiary/aromatic N) is 4. The van der Waals surface area contributed by atoms with Crippen molar-refractivity contribution in [2.45, 2.75) is 25.9 Å². The van der Waals surface area contributed by atoms with E-state index in [0.717, 1.165) is 23.1 Å². The Hall–Kier alpha value is -2.31. The highest BCUT2D eigenvalue weighted by molar-refractivity contribution is 5.82. The fraction of sp³-hybridized carbons (Fsp3) is 0.267. The van der Waals surface area contributed by atoms with Crippen LogP contribution in [0.1, 0.15) is 24.5 Å². The molecule has 0 spiro atoms. The first-order chi connectivity index (χ1) is 10.3. The average Bonchev–Trinajstić information content (AvgIpc) is 2.91. The van der Waals surface area contributed by atoms with E-state index in [1.165, 1.54) is 0 Å². The molecule has 21 heavy (non-hydrogen) atoms. The predicted octanol–water partition coefficient (Wildman–Crippen LogP) is 1.59. The van der Waals surface area contributed by atoms with Crippen LogP contribution in [-0.2, 0) is 13.0 Å². The van der Waals surface area contributed by atoms with Gasteiger partial charge in [0.15, 0.2) is 0 Å². The molecule has 0 amide bonds. The molecule has 6 heteroatoms. The van der Waals surface area contributed by atoms with Crippen LogP contribution in [0.25, 0.3) is 10.9 Å². The molecular weight excluding hydrogens is 264 g/mol. The van der Waals surface area contributed by atoms with Crippen molar-refractivity contribution >= 4 is 10.9 Å². The minimum Gasteiger partial charge on any atom is -0.271 e. The molecule has 2 aromatic heterocycles. The molecular formula is C15H18N6. The van der Waals surface area contributed by atoms with Gasteiger partial charge in [0, 0.05) is 30.7 Å². The number of nitrogens with one attached hydrogen (secondary N) is 1. The smallest absolute Gasteiger partial charge is 0.146 e. The van der Waals surface area contributed by atoms with Crippen molar-refractivity contribution in [2.75, 3.05) is 0 Å². The summed E-state index contributed by atoms with van der Waals surface area (Å²) in [6.45, 7) is 2.92. The molecule has 0 aliphatic carbocycles. The average molecular weight is 282 g/mol. The summed E-state index contributed by atoms with van der Waals surface area (Å²) in [6, 6.07) is 9.85. The lowest BCUT2D eigenvalue weighted by Crippen LogP contribution is -2.31. The monoisotopic (exact) mass is 282 g/mol. The Morgan fingerprint density at radius 2 is 1.95 bits per heavy atom. The summed E-state index contributed by atoms with van der Waals surface area (Å²) in [7, 11) is 0. The molecule has 3 aromatic rings. The first kappa shape index (κ1) is 13.7. The number of benzene rings is 1. The molecule has 2 heterocycles. The molecule has 0 bridgehead atoms. The third-order valence-electron chi connectivity index (χ3n) is 3.53. The second kappa shape index (κ2) is 5.99. The van der Waals surface area contributed by atoms with Crippen molar-refractivity contribution in [2.24, 2.45) is 5.84 Å². The zero-order chi connectivity index (χ0) is 14.7. The number of hydrogen-bond donors (Lipinski definition) is 2. The maximum Gasteiger partial charge on any atom is 0.146 e. The maximum absolute atomic E-state index is 5.67. The Kier molecular flexibility index (Phi) is 3.89. The Morgan fingerprint density at radius 1 is 1.19 bits per heavy atom. The summed E-state index contributed by atoms with van der Waals surface area (Å²) in [4.78, 5) is 8.53. The van der Waals surface area contributed by atoms with Crippen molar-refractivity contribution in [1.82, 2.24) is 25.2 Å². The summed E-state index contributed by atoms with van der Waals surface area (Å²) in [6.07, 6.45) is 4.08. The lowest BCUT2D eigenvalue weighted by Gasteiger charge is -2.12. The van der Waals surface area contributed by atoms with Crippen LogP contribution in [0.4, 0.5) is 0 Å². The number of fused-ring (bicyclic) bond motifs is 1. The Labute approximate surface area is 123 Å². The van der Waals surface area contributed by atoms with Gasteiger partial charge in [-0.15, -0.1) is 0 Å². The van der Waals surface area contributed by atoms with Crippen LogP contribution in [0.3, 0.4) is 0 Å². The van der Waals surface area contributed by atoms with E-state index in [2.05, 4.69) is 39.5 Å². The minimum absolute atomic E-state index is 0.158. The Bertz CT molecular complexity index is 721. The number of hydrazine groups is 1. The highest BCUT2D eigenvalue weighted by Gasteiger charge is 2.17. The van der Waals surface area contributed by atoms with Crippen LogP contribution in [0, 0.1) is 0 Å². The quantitative estimate of drug-likeness (QED) is 0.548. The van der Waals surface area contributed by atoms with Gasteiger partial charge in [-0.1, -0.05) is 18.2 Å². The lowest BCUT2D eigenvalue weighted by atomic mass is 10.1. The SMILES string of the molecule is CCn1nc(CC(NN)c2ncccn2)c2ccccc21. The molecule has 0 aliphatic heterocycles. The molecule has 0 fully saturated rings. The van der Waals surface area contributed by atoms with Crippen molar-refractivity contribution in [3.05, 3.63) is 54.2 Å². The Morgan fingerprint density at radius 3 is 2.67 bits per heavy atom. The van der Waals surface area contributed by atoms with Gasteiger partial charge in [0.25, 0.3) is 0 Å². The van der Waals surface area contributed by atoms with Crippen molar-refractivity contribution in [3.63, 3.8) is 0 Å². The van der Waals surface area contributed by atoms with Crippen LogP contribution >= 0.6 is 0 Å². The minimum atomic E-state index is -0.158. The normalized spacial score (nSPS) is 12.7. The van der Waals surface area contributed by atoms with Crippen molar-refractivity contribution in [3.8, 4) is 0 Å². The summed E-state index contributed by atoms with van der Waals surface area (Å²) in [5, 5.41) is 5.84. The van der Waals surface area contributed by atoms with E-state index in [1.807, 2.05) is 16.8 Å². The first-order valence-corrected chi connectivity index (χ1v) is 7.01. The zero-order valence-corrected chi connectivity index (χ0v) is 11.9. The van der Waals surface area contributed by atoms with Gasteiger partial charge in [-0.3, -0.25) is 10.5 Å². The molecule has 1 unspecified atom stereocenters. The van der Waals surface area contributed by atoms with E-state index in [4.69, 9.17) is 5.84 Å². The van der Waals surface area contributed by atoms with E-state index in [9.17, 15) is 0 Å². The summed E-state index contributed by atoms with van der Waals surface area (Å²) in [5.41, 5.74) is 4.93. The van der Waals surface area contributed by atoms with Crippen LogP contribution in [0.2, 0.25) is 0 Å². The van der Waals surface area contributed by atoms with E-state index in [1.54, 1.807) is 18.5 Å². The van der Waals surface area contributed by atoms with Crippen LogP contribution in [0.15, 0.2) is 42.7 Å². The number of para-hydroxylation sites is 1. The second-order valence-electron chi connectivity index (χ2n) is 4.81. The maximum atomic E-state index is 5.67. The molecule has 0 saturated carbocycles. The summed E-state index contributed by atoms with van der Waals surface area (Å²) < 4.78 is 2.00. The third kappa shape index (κ3) is 2.63. The largest absolute Gasteiger partial charge is 0.271 e. The van der Waals surface area contributed by atoms with Gasteiger partial charge in [0.1, 0.15) is 5.82 Å². The van der Waals surface area contributed by atoms with Gasteiger partial charge in [0.05, 0.1) is 17.3 Å². The van der Waals surface area contributed by atoms with E-state index < -0.39 is 0 Å². The number of hydrogen-bond acceptors (Lipinski definition) is 5. The number of nitrogens with two attached hydrogens (primary N) is 1. The third-order valence-corrected chi connectivity index (χ3v) is 3.53. The van der Waals surface area contributed by atoms with Crippen LogP contribution in [0.5, 0.6) is 0 Å². The lowest BCUT2D eigenvalue weighted by molar-refractivity contribution is 0.513. The van der Waals surface area contributed by atoms with Gasteiger partial charge < -0.3 is 0 Å². The van der Waals surface area contributed by atoms with Crippen molar-refractivity contribution in [1.29, 1.82) is 0 Å². The van der Waals surface area contributed by atoms with Crippen LogP contribution in [-0.4, -0.2) is 19.7 Å². The van der Waals surface area contributed by atoms with Crippen molar-refractivity contribution < 1.29 is 0 Å². The fourth-order valence-corrected chi connectivity index (χ4v) is 2.50. The first-order valence-electron chi connectivity index (χ1n) is 7.01. The number of rotatable bonds is 5. The van der Waals surface area contributed by atoms with E-state index in [0.29, 0.717) is 12.2 Å². The molecule has 0 radical (unpaired) electrons. The van der Waals surface area contributed by atoms with Gasteiger partial charge in [-0.2, -0.15) is 5.10 Å². The highest BCUT2D eigenvalue weighted by Crippen LogP contribution is 2.22. The number of aromatic nitrogens is 4. The number of aryl methyl sites for hydroxylation is 1. The van der Waals surface area contributed by atoms with Gasteiger partial charge >= 0.3 is 0 Å². The molecule has 3 N–H and O–H groups in total. The van der Waals surface area contributed by atoms with E-state index >= 15 is 0 Å². The highest BCUT2D eigenvalue weighted by atomic mass is 15.3. The van der Waals surface area contributed by atoms with E-state index in [-0.39, 0.29) is 6.04 Å². The summed E-state index contributed by atoms with van der Waals surface area (Å²) in [5.74, 6) is 6.35. The summed E-state index contributed by atoms with van der Waals surface area (Å²) >= 11 is 0. The molecule has 0 saturated heterocycles. The van der Waals surface area contributed by atoms with Gasteiger partial charge in [-0.25, -0.2) is 15.4 Å². The topological polar surface area (TPSA) is 81.7 Å². The predicted molar refractivity (Wildman–Crippen MR) is 81.2 cm³/mol. The van der Waals surface area contributed by atoms with Gasteiger partial charge in [0.2, 0.25) is 0 Å². The molecule has 3 rings (SSSR count). The second-order valence-corrected chi connectivity index (χ2v) is 4.81. The Balaban J connectivity index is 1.97. The zero-order valence-electron chi connectivity index (χ0n) is 11.9. The molecule has 108 valence electrons. The fourth-order valence-electron chi connectivity index (χ4n) is 2.50. The molecule has 1 atom stereocenters. The standard InChI is InChI=1S/C15H18N6/c1-2-21-14-7-4-3-6-11(14)12(20-21)10-13(19-16)15-17-8-5-9-18-15/h3-9,13,19H,2,10,16H2,1H3. The van der Waals surface area contributed by atoms with Gasteiger partial charge in [-0.05, 0) is 19.1 Å². The molecule has 6 nitrogen and oxygen atoms in total. The molecule has 1 aromatic carbocycles. The van der Waals surface area contributed by atoms with Crippen LogP contribution < -0.4 is 11.3 Å². The molecule has 0 aliphatic rings.